The van der Waals surface area contributed by atoms with Gasteiger partial charge in [0, 0.05) is 30.7 Å². The Balaban J connectivity index is 1.48. The number of carbonyl (C=O) groups excluding carboxylic acids is 2. The van der Waals surface area contributed by atoms with Crippen molar-refractivity contribution in [3.63, 3.8) is 0 Å². The second-order valence-electron chi connectivity index (χ2n) is 5.90. The first-order valence-corrected chi connectivity index (χ1v) is 8.86. The van der Waals surface area contributed by atoms with Gasteiger partial charge in [-0.1, -0.05) is 0 Å². The molecule has 2 aromatic rings. The zero-order valence-corrected chi connectivity index (χ0v) is 14.4. The lowest BCUT2D eigenvalue weighted by Crippen LogP contribution is -2.32. The highest BCUT2D eigenvalue weighted by Gasteiger charge is 2.18. The number of rotatable bonds is 5. The first kappa shape index (κ1) is 16.7. The minimum absolute atomic E-state index is 0.0734. The highest BCUT2D eigenvalue weighted by atomic mass is 32.1. The number of anilines is 1. The molecule has 128 valence electrons. The fourth-order valence-corrected chi connectivity index (χ4v) is 3.52. The van der Waals surface area contributed by atoms with Gasteiger partial charge in [0.2, 0.25) is 5.91 Å². The number of hydrogen-bond acceptors (Lipinski definition) is 5. The maximum atomic E-state index is 12.0. The molecule has 8 heteroatoms. The summed E-state index contributed by atoms with van der Waals surface area (Å²) >= 11 is 1.43. The van der Waals surface area contributed by atoms with Gasteiger partial charge >= 0.3 is 0 Å². The van der Waals surface area contributed by atoms with Crippen molar-refractivity contribution >= 4 is 28.3 Å². The lowest BCUT2D eigenvalue weighted by Gasteiger charge is -2.20. The summed E-state index contributed by atoms with van der Waals surface area (Å²) < 4.78 is 1.78. The standard InChI is InChI=1S/C16H21N5O2S/c1-21-7-4-12(9-21)15(23)18-8-14(22)20-16-19-13(10-24-16)11-2-5-17-6-3-11/h4,7,9-11,17H,2-3,5-6,8H2,1H3,(H,18,23)(H,19,20,22). The molecule has 1 fully saturated rings. The second-order valence-corrected chi connectivity index (χ2v) is 6.76. The van der Waals surface area contributed by atoms with E-state index in [0.717, 1.165) is 31.6 Å². The van der Waals surface area contributed by atoms with Crippen molar-refractivity contribution < 1.29 is 9.59 Å². The van der Waals surface area contributed by atoms with Crippen LogP contribution in [0.25, 0.3) is 0 Å². The third-order valence-electron chi connectivity index (χ3n) is 4.03. The van der Waals surface area contributed by atoms with E-state index in [1.807, 2.05) is 12.4 Å². The Kier molecular flexibility index (Phi) is 5.27. The van der Waals surface area contributed by atoms with Crippen LogP contribution in [0.1, 0.15) is 34.8 Å². The van der Waals surface area contributed by atoms with Gasteiger partial charge in [0.1, 0.15) is 0 Å². The van der Waals surface area contributed by atoms with Crippen molar-refractivity contribution in [1.82, 2.24) is 20.2 Å². The van der Waals surface area contributed by atoms with Gasteiger partial charge in [-0.05, 0) is 32.0 Å². The molecule has 0 radical (unpaired) electrons. The summed E-state index contributed by atoms with van der Waals surface area (Å²) in [5.41, 5.74) is 1.58. The zero-order valence-electron chi connectivity index (χ0n) is 13.5. The maximum Gasteiger partial charge on any atom is 0.253 e. The van der Waals surface area contributed by atoms with E-state index in [0.29, 0.717) is 16.6 Å². The Morgan fingerprint density at radius 2 is 2.21 bits per heavy atom. The number of carbonyl (C=O) groups is 2. The van der Waals surface area contributed by atoms with E-state index in [1.54, 1.807) is 23.0 Å². The van der Waals surface area contributed by atoms with Crippen LogP contribution in [0.4, 0.5) is 5.13 Å². The fraction of sp³-hybridized carbons (Fsp3) is 0.438. The lowest BCUT2D eigenvalue weighted by atomic mass is 9.96. The first-order valence-electron chi connectivity index (χ1n) is 7.98. The largest absolute Gasteiger partial charge is 0.356 e. The van der Waals surface area contributed by atoms with E-state index in [4.69, 9.17) is 0 Å². The molecule has 7 nitrogen and oxygen atoms in total. The molecule has 0 saturated carbocycles. The van der Waals surface area contributed by atoms with Crippen molar-refractivity contribution in [3.8, 4) is 0 Å². The summed E-state index contributed by atoms with van der Waals surface area (Å²) in [6, 6.07) is 1.71. The van der Waals surface area contributed by atoms with Gasteiger partial charge in [-0.25, -0.2) is 4.98 Å². The molecule has 1 aliphatic rings. The molecule has 1 saturated heterocycles. The summed E-state index contributed by atoms with van der Waals surface area (Å²) in [5, 5.41) is 11.3. The molecular weight excluding hydrogens is 326 g/mol. The van der Waals surface area contributed by atoms with Crippen LogP contribution in [0.5, 0.6) is 0 Å². The maximum absolute atomic E-state index is 12.0. The quantitative estimate of drug-likeness (QED) is 0.761. The SMILES string of the molecule is Cn1ccc(C(=O)NCC(=O)Nc2nc(C3CCNCC3)cs2)c1. The van der Waals surface area contributed by atoms with Gasteiger partial charge in [0.15, 0.2) is 5.13 Å². The normalized spacial score (nSPS) is 15.2. The topological polar surface area (TPSA) is 88.1 Å². The van der Waals surface area contributed by atoms with E-state index in [9.17, 15) is 9.59 Å². The highest BCUT2D eigenvalue weighted by molar-refractivity contribution is 7.13. The van der Waals surface area contributed by atoms with Crippen LogP contribution >= 0.6 is 11.3 Å². The third-order valence-corrected chi connectivity index (χ3v) is 4.81. The van der Waals surface area contributed by atoms with Crippen LogP contribution in [0.2, 0.25) is 0 Å². The monoisotopic (exact) mass is 347 g/mol. The third kappa shape index (κ3) is 4.21. The van der Waals surface area contributed by atoms with Crippen LogP contribution in [0, 0.1) is 0 Å². The molecule has 0 aromatic carbocycles. The molecule has 0 unspecified atom stereocenters. The summed E-state index contributed by atoms with van der Waals surface area (Å²) in [4.78, 5) is 28.4. The van der Waals surface area contributed by atoms with Gasteiger partial charge in [-0.15, -0.1) is 11.3 Å². The van der Waals surface area contributed by atoms with E-state index in [-0.39, 0.29) is 18.4 Å². The molecule has 0 spiro atoms. The predicted octanol–water partition coefficient (Wildman–Crippen LogP) is 1.32. The number of piperidine rings is 1. The van der Waals surface area contributed by atoms with Crippen molar-refractivity contribution in [2.75, 3.05) is 25.0 Å². The number of amides is 2. The van der Waals surface area contributed by atoms with E-state index in [1.165, 1.54) is 11.3 Å². The van der Waals surface area contributed by atoms with Gasteiger partial charge in [0.25, 0.3) is 5.91 Å². The van der Waals surface area contributed by atoms with Crippen molar-refractivity contribution in [2.24, 2.45) is 7.05 Å². The van der Waals surface area contributed by atoms with Crippen LogP contribution in [-0.4, -0.2) is 41.0 Å². The molecule has 0 bridgehead atoms. The van der Waals surface area contributed by atoms with Crippen molar-refractivity contribution in [3.05, 3.63) is 35.1 Å². The average molecular weight is 347 g/mol. The molecular formula is C16H21N5O2S. The molecule has 1 aliphatic heterocycles. The van der Waals surface area contributed by atoms with E-state index < -0.39 is 0 Å². The fourth-order valence-electron chi connectivity index (χ4n) is 2.71. The Morgan fingerprint density at radius 3 is 2.92 bits per heavy atom. The summed E-state index contributed by atoms with van der Waals surface area (Å²) in [6.45, 7) is 1.95. The van der Waals surface area contributed by atoms with Gasteiger partial charge in [-0.2, -0.15) is 0 Å². The number of nitrogens with zero attached hydrogens (tertiary/aromatic N) is 2. The number of aryl methyl sites for hydroxylation is 1. The first-order chi connectivity index (χ1) is 11.6. The molecule has 2 aromatic heterocycles. The lowest BCUT2D eigenvalue weighted by molar-refractivity contribution is -0.115. The van der Waals surface area contributed by atoms with E-state index >= 15 is 0 Å². The van der Waals surface area contributed by atoms with Gasteiger partial charge in [-0.3, -0.25) is 9.59 Å². The minimum atomic E-state index is -0.273. The number of nitrogens with one attached hydrogen (secondary N) is 3. The number of aromatic nitrogens is 2. The smallest absolute Gasteiger partial charge is 0.253 e. The summed E-state index contributed by atoms with van der Waals surface area (Å²) in [5.74, 6) is -0.0725. The van der Waals surface area contributed by atoms with Crippen molar-refractivity contribution in [2.45, 2.75) is 18.8 Å². The molecule has 24 heavy (non-hydrogen) atoms. The van der Waals surface area contributed by atoms with Crippen molar-refractivity contribution in [1.29, 1.82) is 0 Å². The number of hydrogen-bond donors (Lipinski definition) is 3. The summed E-state index contributed by atoms with van der Waals surface area (Å²) in [7, 11) is 1.84. The number of thiazole rings is 1. The second kappa shape index (κ2) is 7.59. The van der Waals surface area contributed by atoms with E-state index in [2.05, 4.69) is 20.9 Å². The molecule has 3 N–H and O–H groups in total. The highest BCUT2D eigenvalue weighted by Crippen LogP contribution is 2.28. The van der Waals surface area contributed by atoms with Crippen LogP contribution in [0.3, 0.4) is 0 Å². The Hall–Kier alpha value is -2.19. The van der Waals surface area contributed by atoms with Gasteiger partial charge < -0.3 is 20.5 Å². The van der Waals surface area contributed by atoms with Gasteiger partial charge in [0.05, 0.1) is 17.8 Å². The van der Waals surface area contributed by atoms with Crippen LogP contribution in [0.15, 0.2) is 23.8 Å². The molecule has 3 rings (SSSR count). The molecule has 2 amide bonds. The summed E-state index contributed by atoms with van der Waals surface area (Å²) in [6.07, 6.45) is 5.64. The molecule has 0 atom stereocenters. The molecule has 0 aliphatic carbocycles. The average Bonchev–Trinajstić information content (AvgIpc) is 3.23. The Labute approximate surface area is 144 Å². The molecule has 3 heterocycles. The zero-order chi connectivity index (χ0) is 16.9. The van der Waals surface area contributed by atoms with Crippen LogP contribution in [-0.2, 0) is 11.8 Å². The minimum Gasteiger partial charge on any atom is -0.356 e. The Bertz CT molecular complexity index is 718. The predicted molar refractivity (Wildman–Crippen MR) is 93.3 cm³/mol. The van der Waals surface area contributed by atoms with Crippen LogP contribution < -0.4 is 16.0 Å². The Morgan fingerprint density at radius 1 is 1.42 bits per heavy atom.